The molecule has 2 aliphatic rings. The van der Waals surface area contributed by atoms with E-state index in [1.54, 1.807) is 23.1 Å². The number of nitrogen functional groups attached to an aromatic ring is 1. The van der Waals surface area contributed by atoms with E-state index in [1.165, 1.54) is 15.2 Å². The number of halogens is 2. The molecule has 0 atom stereocenters. The van der Waals surface area contributed by atoms with Crippen LogP contribution in [0.5, 0.6) is 0 Å². The number of para-hydroxylation sites is 1. The van der Waals surface area contributed by atoms with Crippen molar-refractivity contribution < 1.29 is 9.18 Å². The molecular weight excluding hydrogens is 531 g/mol. The maximum Gasteiger partial charge on any atom is 0.321 e. The molecule has 1 saturated heterocycles. The second-order valence-electron chi connectivity index (χ2n) is 10.9. The third-order valence-electron chi connectivity index (χ3n) is 7.98. The molecule has 3 aromatic carbocycles. The molecule has 0 aliphatic carbocycles. The van der Waals surface area contributed by atoms with Gasteiger partial charge >= 0.3 is 11.1 Å². The Kier molecular flexibility index (Phi) is 6.18. The standard InChI is InChI=1S/C31H28ClFN4O3/c1-4-25(38)35-13-17(14-35)15-36-24-12-23(32)26-22-11-20(34)9-8-18(22)10-19-6-5-7-21(16(2)3)28(19)37(29(24)27(26)33)31(40)30(36)39/h4-9,11-12,16-17H,1,10,13-15,34H2,2-3H3. The Morgan fingerprint density at radius 3 is 2.60 bits per heavy atom. The van der Waals surface area contributed by atoms with Crippen LogP contribution in [0.4, 0.5) is 10.1 Å². The number of hydrogen-bond acceptors (Lipinski definition) is 4. The number of benzene rings is 3. The second-order valence-corrected chi connectivity index (χ2v) is 11.3. The van der Waals surface area contributed by atoms with Gasteiger partial charge in [0.05, 0.1) is 16.2 Å². The van der Waals surface area contributed by atoms with Gasteiger partial charge in [-0.3, -0.25) is 19.0 Å². The van der Waals surface area contributed by atoms with Crippen LogP contribution in [0, 0.1) is 11.7 Å². The monoisotopic (exact) mass is 558 g/mol. The molecule has 204 valence electrons. The zero-order valence-electron chi connectivity index (χ0n) is 22.2. The van der Waals surface area contributed by atoms with Gasteiger partial charge in [0.15, 0.2) is 5.82 Å². The van der Waals surface area contributed by atoms with E-state index in [9.17, 15) is 14.4 Å². The number of likely N-dealkylation sites (tertiary alicyclic amines) is 1. The average molecular weight is 559 g/mol. The Morgan fingerprint density at radius 2 is 1.90 bits per heavy atom. The number of carbonyl (C=O) groups is 1. The molecule has 1 aromatic heterocycles. The normalized spacial score (nSPS) is 14.4. The summed E-state index contributed by atoms with van der Waals surface area (Å²) in [5.74, 6) is -0.985. The Morgan fingerprint density at radius 1 is 1.15 bits per heavy atom. The highest BCUT2D eigenvalue weighted by molar-refractivity contribution is 6.34. The number of fused-ring (bicyclic) bond motifs is 5. The van der Waals surface area contributed by atoms with Gasteiger partial charge in [0.2, 0.25) is 5.91 Å². The fraction of sp³-hybridized carbons (Fsp3) is 0.258. The average Bonchev–Trinajstić information content (AvgIpc) is 2.92. The zero-order valence-corrected chi connectivity index (χ0v) is 23.0. The fourth-order valence-electron chi connectivity index (χ4n) is 6.01. The minimum atomic E-state index is -0.835. The smallest absolute Gasteiger partial charge is 0.321 e. The van der Waals surface area contributed by atoms with Gasteiger partial charge in [-0.2, -0.15) is 0 Å². The summed E-state index contributed by atoms with van der Waals surface area (Å²) < 4.78 is 19.5. The van der Waals surface area contributed by atoms with Gasteiger partial charge in [-0.1, -0.05) is 56.3 Å². The van der Waals surface area contributed by atoms with Crippen molar-refractivity contribution in [2.75, 3.05) is 18.8 Å². The van der Waals surface area contributed by atoms with Gasteiger partial charge in [-0.15, -0.1) is 0 Å². The molecule has 2 bridgehead atoms. The third kappa shape index (κ3) is 3.89. The Balaban J connectivity index is 1.71. The number of anilines is 1. The number of hydrogen-bond donors (Lipinski definition) is 1. The van der Waals surface area contributed by atoms with Crippen molar-refractivity contribution in [1.29, 1.82) is 0 Å². The van der Waals surface area contributed by atoms with Crippen molar-refractivity contribution >= 4 is 34.2 Å². The molecule has 0 unspecified atom stereocenters. The van der Waals surface area contributed by atoms with E-state index in [-0.39, 0.29) is 45.9 Å². The quantitative estimate of drug-likeness (QED) is 0.194. The van der Waals surface area contributed by atoms with Gasteiger partial charge in [-0.05, 0) is 52.4 Å². The summed E-state index contributed by atoms with van der Waals surface area (Å²) in [4.78, 5) is 41.3. The number of nitrogens with zero attached hydrogens (tertiary/aromatic N) is 3. The first-order chi connectivity index (χ1) is 19.1. The minimum absolute atomic E-state index is 0.00743. The van der Waals surface area contributed by atoms with Gasteiger partial charge in [-0.25, -0.2) is 4.39 Å². The summed E-state index contributed by atoms with van der Waals surface area (Å²) >= 11 is 6.77. The largest absolute Gasteiger partial charge is 0.399 e. The SMILES string of the molecule is C=CC(=O)N1CC(Cn2c(=O)c(=O)n3c4c(F)c(c(Cl)cc42)-c2cc(N)ccc2Cc2cccc(C(C)C)c2-3)C1. The predicted octanol–water partition coefficient (Wildman–Crippen LogP) is 4.87. The number of amides is 1. The minimum Gasteiger partial charge on any atom is -0.399 e. The zero-order chi connectivity index (χ0) is 28.5. The first-order valence-corrected chi connectivity index (χ1v) is 13.6. The molecule has 0 spiro atoms. The van der Waals surface area contributed by atoms with Gasteiger partial charge in [0, 0.05) is 43.2 Å². The van der Waals surface area contributed by atoms with Gasteiger partial charge in [0.1, 0.15) is 5.52 Å². The Bertz CT molecular complexity index is 1870. The van der Waals surface area contributed by atoms with Crippen LogP contribution in [0.1, 0.15) is 36.5 Å². The van der Waals surface area contributed by atoms with Crippen molar-refractivity contribution in [1.82, 2.24) is 14.0 Å². The number of nitrogens with two attached hydrogens (primary N) is 1. The molecule has 3 heterocycles. The van der Waals surface area contributed by atoms with E-state index in [4.69, 9.17) is 17.3 Å². The highest BCUT2D eigenvalue weighted by atomic mass is 35.5. The molecule has 2 aliphatic heterocycles. The van der Waals surface area contributed by atoms with Crippen molar-refractivity contribution in [2.24, 2.45) is 5.92 Å². The Labute approximate surface area is 234 Å². The van der Waals surface area contributed by atoms with Crippen LogP contribution in [-0.4, -0.2) is 33.0 Å². The van der Waals surface area contributed by atoms with E-state index in [0.717, 1.165) is 16.7 Å². The molecule has 9 heteroatoms. The first kappa shape index (κ1) is 26.1. The summed E-state index contributed by atoms with van der Waals surface area (Å²) in [7, 11) is 0. The maximum atomic E-state index is 16.9. The lowest BCUT2D eigenvalue weighted by molar-refractivity contribution is -0.132. The predicted molar refractivity (Wildman–Crippen MR) is 156 cm³/mol. The number of aromatic nitrogens is 2. The molecule has 1 fully saturated rings. The number of carbonyl (C=O) groups excluding carboxylic acids is 1. The summed E-state index contributed by atoms with van der Waals surface area (Å²) in [5, 5.41) is 0.113. The lowest BCUT2D eigenvalue weighted by atomic mass is 9.91. The van der Waals surface area contributed by atoms with E-state index in [0.29, 0.717) is 36.4 Å². The topological polar surface area (TPSA) is 90.3 Å². The van der Waals surface area contributed by atoms with Gasteiger partial charge in [0.25, 0.3) is 0 Å². The van der Waals surface area contributed by atoms with Crippen LogP contribution >= 0.6 is 11.6 Å². The molecule has 7 nitrogen and oxygen atoms in total. The van der Waals surface area contributed by atoms with Crippen molar-refractivity contribution in [2.45, 2.75) is 32.7 Å². The van der Waals surface area contributed by atoms with E-state index >= 15 is 4.39 Å². The third-order valence-corrected chi connectivity index (χ3v) is 8.28. The van der Waals surface area contributed by atoms with Crippen molar-refractivity contribution in [3.63, 3.8) is 0 Å². The second kappa shape index (κ2) is 9.48. The molecule has 1 amide bonds. The molecular formula is C31H28ClFN4O3. The van der Waals surface area contributed by atoms with Crippen LogP contribution in [0.25, 0.3) is 27.8 Å². The fourth-order valence-corrected chi connectivity index (χ4v) is 6.30. The van der Waals surface area contributed by atoms with Crippen LogP contribution in [0.15, 0.2) is 64.7 Å². The van der Waals surface area contributed by atoms with Crippen LogP contribution in [0.2, 0.25) is 5.02 Å². The van der Waals surface area contributed by atoms with E-state index in [1.807, 2.05) is 38.1 Å². The number of rotatable bonds is 4. The molecule has 40 heavy (non-hydrogen) atoms. The summed E-state index contributed by atoms with van der Waals surface area (Å²) in [5.41, 5.74) is 8.80. The van der Waals surface area contributed by atoms with E-state index < -0.39 is 16.9 Å². The molecule has 0 saturated carbocycles. The molecule has 0 radical (unpaired) electrons. The molecule has 6 rings (SSSR count). The van der Waals surface area contributed by atoms with Crippen LogP contribution < -0.4 is 16.9 Å². The molecule has 2 N–H and O–H groups in total. The highest BCUT2D eigenvalue weighted by Gasteiger charge is 2.33. The first-order valence-electron chi connectivity index (χ1n) is 13.2. The lowest BCUT2D eigenvalue weighted by Gasteiger charge is -2.39. The molecule has 4 aromatic rings. The summed E-state index contributed by atoms with van der Waals surface area (Å²) in [6.45, 7) is 8.46. The Hall–Kier alpha value is -4.17. The van der Waals surface area contributed by atoms with Crippen LogP contribution in [0.3, 0.4) is 0 Å². The van der Waals surface area contributed by atoms with Crippen molar-refractivity contribution in [3.8, 4) is 16.8 Å². The maximum absolute atomic E-state index is 16.9. The van der Waals surface area contributed by atoms with Crippen molar-refractivity contribution in [3.05, 3.63) is 103 Å². The lowest BCUT2D eigenvalue weighted by Crippen LogP contribution is -2.52. The van der Waals surface area contributed by atoms with Crippen LogP contribution in [-0.2, 0) is 17.8 Å². The highest BCUT2D eigenvalue weighted by Crippen LogP contribution is 2.42. The van der Waals surface area contributed by atoms with Gasteiger partial charge < -0.3 is 15.2 Å². The summed E-state index contributed by atoms with van der Waals surface area (Å²) in [6.07, 6.45) is 1.62. The van der Waals surface area contributed by atoms with E-state index in [2.05, 4.69) is 6.58 Å². The summed E-state index contributed by atoms with van der Waals surface area (Å²) in [6, 6.07) is 12.6.